The molecule has 0 saturated heterocycles. The Bertz CT molecular complexity index is 456. The number of para-hydroxylation sites is 1. The van der Waals surface area contributed by atoms with Crippen LogP contribution in [0.4, 0.5) is 0 Å². The summed E-state index contributed by atoms with van der Waals surface area (Å²) >= 11 is 0. The van der Waals surface area contributed by atoms with Gasteiger partial charge in [-0.1, -0.05) is 18.2 Å². The second kappa shape index (κ2) is 3.26. The van der Waals surface area contributed by atoms with Gasteiger partial charge < -0.3 is 9.84 Å². The van der Waals surface area contributed by atoms with E-state index in [0.29, 0.717) is 5.92 Å². The first kappa shape index (κ1) is 9.95. The summed E-state index contributed by atoms with van der Waals surface area (Å²) in [6.45, 7) is 0. The molecule has 4 rings (SSSR count). The lowest BCUT2D eigenvalue weighted by Crippen LogP contribution is -2.45. The minimum Gasteiger partial charge on any atom is -0.486 e. The summed E-state index contributed by atoms with van der Waals surface area (Å²) in [6.07, 6.45) is 5.53. The molecule has 2 saturated carbocycles. The van der Waals surface area contributed by atoms with Gasteiger partial charge in [-0.15, -0.1) is 0 Å². The first-order valence-corrected chi connectivity index (χ1v) is 6.74. The first-order valence-electron chi connectivity index (χ1n) is 6.74. The van der Waals surface area contributed by atoms with E-state index >= 15 is 0 Å². The second-order valence-electron chi connectivity index (χ2n) is 5.92. The van der Waals surface area contributed by atoms with E-state index in [0.717, 1.165) is 30.1 Å². The molecule has 0 bridgehead atoms. The van der Waals surface area contributed by atoms with Crippen LogP contribution < -0.4 is 4.74 Å². The molecule has 3 unspecified atom stereocenters. The maximum absolute atomic E-state index is 10.3. The van der Waals surface area contributed by atoms with Crippen LogP contribution in [0.5, 0.6) is 5.75 Å². The van der Waals surface area contributed by atoms with Gasteiger partial charge in [0.05, 0.1) is 6.10 Å². The van der Waals surface area contributed by atoms with Gasteiger partial charge >= 0.3 is 0 Å². The summed E-state index contributed by atoms with van der Waals surface area (Å²) in [5, 5.41) is 10.3. The van der Waals surface area contributed by atoms with E-state index in [1.165, 1.54) is 19.3 Å². The highest BCUT2D eigenvalue weighted by atomic mass is 16.5. The molecular weight excluding hydrogens is 212 g/mol. The quantitative estimate of drug-likeness (QED) is 0.742. The molecule has 1 aliphatic heterocycles. The molecule has 1 aromatic rings. The van der Waals surface area contributed by atoms with Crippen LogP contribution in [0.15, 0.2) is 24.3 Å². The van der Waals surface area contributed by atoms with E-state index < -0.39 is 0 Å². The Labute approximate surface area is 102 Å². The molecule has 0 amide bonds. The second-order valence-corrected chi connectivity index (χ2v) is 5.92. The summed E-state index contributed by atoms with van der Waals surface area (Å²) < 4.78 is 6.32. The Hall–Kier alpha value is -1.02. The van der Waals surface area contributed by atoms with Crippen molar-refractivity contribution < 1.29 is 9.84 Å². The zero-order valence-corrected chi connectivity index (χ0v) is 9.93. The van der Waals surface area contributed by atoms with Crippen molar-refractivity contribution in [2.24, 2.45) is 11.8 Å². The zero-order chi connectivity index (χ0) is 11.5. The number of fused-ring (bicyclic) bond motifs is 3. The summed E-state index contributed by atoms with van der Waals surface area (Å²) in [5.41, 5.74) is 0.928. The molecule has 4 atom stereocenters. The zero-order valence-electron chi connectivity index (χ0n) is 9.93. The van der Waals surface area contributed by atoms with E-state index in [9.17, 15) is 5.11 Å². The fourth-order valence-electron chi connectivity index (χ4n) is 3.99. The van der Waals surface area contributed by atoms with Gasteiger partial charge in [0.15, 0.2) is 0 Å². The highest BCUT2D eigenvalue weighted by Gasteiger charge is 2.58. The molecule has 1 spiro atoms. The Morgan fingerprint density at radius 2 is 2.18 bits per heavy atom. The molecule has 90 valence electrons. The summed E-state index contributed by atoms with van der Waals surface area (Å²) in [6, 6.07) is 7.97. The topological polar surface area (TPSA) is 29.5 Å². The average molecular weight is 230 g/mol. The van der Waals surface area contributed by atoms with Crippen LogP contribution in [0.25, 0.3) is 0 Å². The predicted octanol–water partition coefficient (Wildman–Crippen LogP) is 3.06. The van der Waals surface area contributed by atoms with Crippen LogP contribution >= 0.6 is 0 Å². The molecule has 2 fully saturated rings. The lowest BCUT2D eigenvalue weighted by Gasteiger charge is -2.43. The number of hydrogen-bond acceptors (Lipinski definition) is 2. The maximum atomic E-state index is 10.3. The molecule has 1 aromatic carbocycles. The molecular formula is C15H18O2. The van der Waals surface area contributed by atoms with Crippen LogP contribution in [0.1, 0.15) is 43.8 Å². The normalized spacial score (nSPS) is 42.5. The molecule has 1 N–H and O–H groups in total. The van der Waals surface area contributed by atoms with Gasteiger partial charge in [0.25, 0.3) is 0 Å². The fourth-order valence-corrected chi connectivity index (χ4v) is 3.99. The third-order valence-corrected chi connectivity index (χ3v) is 4.90. The predicted molar refractivity (Wildman–Crippen MR) is 64.8 cm³/mol. The number of hydrogen-bond donors (Lipinski definition) is 1. The maximum Gasteiger partial charge on any atom is 0.125 e. The van der Waals surface area contributed by atoms with Gasteiger partial charge in [-0.2, -0.15) is 0 Å². The van der Waals surface area contributed by atoms with Crippen LogP contribution in [0, 0.1) is 11.8 Å². The summed E-state index contributed by atoms with van der Waals surface area (Å²) in [7, 11) is 0. The van der Waals surface area contributed by atoms with E-state index in [4.69, 9.17) is 4.74 Å². The van der Waals surface area contributed by atoms with E-state index in [1.54, 1.807) is 0 Å². The summed E-state index contributed by atoms with van der Waals surface area (Å²) in [5.74, 6) is 2.50. The van der Waals surface area contributed by atoms with Crippen LogP contribution in [-0.4, -0.2) is 10.7 Å². The molecule has 0 aromatic heterocycles. The van der Waals surface area contributed by atoms with E-state index in [1.807, 2.05) is 24.3 Å². The van der Waals surface area contributed by atoms with Crippen molar-refractivity contribution in [3.63, 3.8) is 0 Å². The van der Waals surface area contributed by atoms with Gasteiger partial charge in [-0.25, -0.2) is 0 Å². The minimum atomic E-state index is -0.334. The largest absolute Gasteiger partial charge is 0.486 e. The lowest BCUT2D eigenvalue weighted by molar-refractivity contribution is -0.0493. The van der Waals surface area contributed by atoms with Gasteiger partial charge in [0.2, 0.25) is 0 Å². The summed E-state index contributed by atoms with van der Waals surface area (Å²) in [4.78, 5) is 0. The minimum absolute atomic E-state index is 0.0450. The van der Waals surface area contributed by atoms with Crippen molar-refractivity contribution in [1.29, 1.82) is 0 Å². The number of benzene rings is 1. The highest BCUT2D eigenvalue weighted by Crippen LogP contribution is 2.60. The lowest BCUT2D eigenvalue weighted by atomic mass is 9.77. The van der Waals surface area contributed by atoms with E-state index in [2.05, 4.69) is 0 Å². The van der Waals surface area contributed by atoms with Crippen molar-refractivity contribution >= 4 is 0 Å². The Balaban J connectivity index is 1.73. The Kier molecular flexibility index (Phi) is 1.91. The average Bonchev–Trinajstić information content (AvgIpc) is 3.10. The smallest absolute Gasteiger partial charge is 0.125 e. The van der Waals surface area contributed by atoms with Crippen LogP contribution in [0.2, 0.25) is 0 Å². The molecule has 1 heterocycles. The van der Waals surface area contributed by atoms with Gasteiger partial charge in [-0.3, -0.25) is 0 Å². The fraction of sp³-hybridized carbons (Fsp3) is 0.600. The molecule has 2 aliphatic carbocycles. The molecule has 3 aliphatic rings. The molecule has 2 heteroatoms. The van der Waals surface area contributed by atoms with Gasteiger partial charge in [0, 0.05) is 17.9 Å². The number of rotatable bonds is 0. The van der Waals surface area contributed by atoms with Crippen LogP contribution in [0.3, 0.4) is 0 Å². The number of aliphatic hydroxyl groups is 1. The van der Waals surface area contributed by atoms with Crippen molar-refractivity contribution in [1.82, 2.24) is 0 Å². The molecule has 17 heavy (non-hydrogen) atoms. The third kappa shape index (κ3) is 1.37. The Morgan fingerprint density at radius 1 is 1.29 bits per heavy atom. The number of ether oxygens (including phenoxy) is 1. The SMILES string of the molecule is O[C@@H]1CC2(CCCC3CC32)Oc2ccccc21. The van der Waals surface area contributed by atoms with Gasteiger partial charge in [0.1, 0.15) is 11.4 Å². The van der Waals surface area contributed by atoms with E-state index in [-0.39, 0.29) is 11.7 Å². The monoisotopic (exact) mass is 230 g/mol. The Morgan fingerprint density at radius 3 is 3.12 bits per heavy atom. The van der Waals surface area contributed by atoms with Crippen molar-refractivity contribution in [3.8, 4) is 5.75 Å². The van der Waals surface area contributed by atoms with Crippen molar-refractivity contribution in [3.05, 3.63) is 29.8 Å². The molecule has 2 nitrogen and oxygen atoms in total. The number of aliphatic hydroxyl groups excluding tert-OH is 1. The highest BCUT2D eigenvalue weighted by molar-refractivity contribution is 5.38. The van der Waals surface area contributed by atoms with Gasteiger partial charge in [-0.05, 0) is 37.7 Å². The van der Waals surface area contributed by atoms with Crippen molar-refractivity contribution in [2.75, 3.05) is 0 Å². The third-order valence-electron chi connectivity index (χ3n) is 4.90. The standard InChI is InChI=1S/C15H18O2/c16-13-9-15(7-3-4-10-8-12(10)15)17-14-6-2-1-5-11(13)14/h1-2,5-6,10,12-13,16H,3-4,7-9H2/t10?,12?,13-,15?/m1/s1. The van der Waals surface area contributed by atoms with Crippen LogP contribution in [-0.2, 0) is 0 Å². The molecule has 0 radical (unpaired) electrons. The van der Waals surface area contributed by atoms with Crippen molar-refractivity contribution in [2.45, 2.75) is 43.8 Å². The first-order chi connectivity index (χ1) is 8.28.